The Kier molecular flexibility index (Phi) is 3.98. The number of anilines is 2. The van der Waals surface area contributed by atoms with E-state index >= 15 is 0 Å². The molecule has 0 saturated carbocycles. The van der Waals surface area contributed by atoms with Gasteiger partial charge in [0.1, 0.15) is 11.6 Å². The highest BCUT2D eigenvalue weighted by atomic mass is 79.9. The SMILES string of the molecule is CCOc1cccc(Nc2ncccc2Br)c1. The lowest BCUT2D eigenvalue weighted by Crippen LogP contribution is -1.96. The zero-order valence-electron chi connectivity index (χ0n) is 9.48. The smallest absolute Gasteiger partial charge is 0.144 e. The van der Waals surface area contributed by atoms with Gasteiger partial charge in [0, 0.05) is 18.0 Å². The zero-order valence-corrected chi connectivity index (χ0v) is 11.1. The van der Waals surface area contributed by atoms with Crippen molar-refractivity contribution < 1.29 is 4.74 Å². The van der Waals surface area contributed by atoms with E-state index in [1.165, 1.54) is 0 Å². The topological polar surface area (TPSA) is 34.1 Å². The number of hydrogen-bond donors (Lipinski definition) is 1. The van der Waals surface area contributed by atoms with Gasteiger partial charge < -0.3 is 10.1 Å². The Labute approximate surface area is 109 Å². The Bertz CT molecular complexity index is 502. The van der Waals surface area contributed by atoms with Gasteiger partial charge in [-0.05, 0) is 47.1 Å². The molecule has 3 nitrogen and oxygen atoms in total. The average Bonchev–Trinajstić information content (AvgIpc) is 2.33. The lowest BCUT2D eigenvalue weighted by Gasteiger charge is -2.09. The molecule has 0 amide bonds. The van der Waals surface area contributed by atoms with Crippen molar-refractivity contribution in [3.8, 4) is 5.75 Å². The van der Waals surface area contributed by atoms with Crippen LogP contribution in [0.5, 0.6) is 5.75 Å². The highest BCUT2D eigenvalue weighted by molar-refractivity contribution is 9.10. The Morgan fingerprint density at radius 3 is 2.94 bits per heavy atom. The van der Waals surface area contributed by atoms with Crippen molar-refractivity contribution in [3.05, 3.63) is 47.1 Å². The number of pyridine rings is 1. The molecule has 2 aromatic rings. The largest absolute Gasteiger partial charge is 0.494 e. The predicted octanol–water partition coefficient (Wildman–Crippen LogP) is 3.99. The Morgan fingerprint density at radius 1 is 1.29 bits per heavy atom. The Hall–Kier alpha value is -1.55. The molecule has 0 aliphatic carbocycles. The lowest BCUT2D eigenvalue weighted by molar-refractivity contribution is 0.340. The number of rotatable bonds is 4. The van der Waals surface area contributed by atoms with Crippen LogP contribution in [-0.4, -0.2) is 11.6 Å². The van der Waals surface area contributed by atoms with Gasteiger partial charge in [-0.1, -0.05) is 6.07 Å². The van der Waals surface area contributed by atoms with Crippen LogP contribution in [0.2, 0.25) is 0 Å². The van der Waals surface area contributed by atoms with E-state index in [0.29, 0.717) is 6.61 Å². The maximum atomic E-state index is 5.44. The molecular weight excluding hydrogens is 280 g/mol. The second kappa shape index (κ2) is 5.68. The third-order valence-corrected chi connectivity index (χ3v) is 2.81. The minimum absolute atomic E-state index is 0.663. The summed E-state index contributed by atoms with van der Waals surface area (Å²) >= 11 is 3.45. The summed E-state index contributed by atoms with van der Waals surface area (Å²) < 4.78 is 6.37. The summed E-state index contributed by atoms with van der Waals surface area (Å²) in [6.45, 7) is 2.63. The number of ether oxygens (including phenoxy) is 1. The van der Waals surface area contributed by atoms with Crippen molar-refractivity contribution in [2.24, 2.45) is 0 Å². The normalized spacial score (nSPS) is 10.0. The number of benzene rings is 1. The lowest BCUT2D eigenvalue weighted by atomic mass is 10.3. The molecule has 1 aromatic carbocycles. The number of nitrogens with zero attached hydrogens (tertiary/aromatic N) is 1. The van der Waals surface area contributed by atoms with Gasteiger partial charge >= 0.3 is 0 Å². The molecule has 2 rings (SSSR count). The van der Waals surface area contributed by atoms with Crippen molar-refractivity contribution in [1.82, 2.24) is 4.98 Å². The minimum atomic E-state index is 0.663. The number of aromatic nitrogens is 1. The summed E-state index contributed by atoms with van der Waals surface area (Å²) in [6.07, 6.45) is 1.75. The zero-order chi connectivity index (χ0) is 12.1. The summed E-state index contributed by atoms with van der Waals surface area (Å²) in [4.78, 5) is 4.25. The van der Waals surface area contributed by atoms with E-state index in [0.717, 1.165) is 21.7 Å². The Balaban J connectivity index is 2.18. The van der Waals surface area contributed by atoms with Gasteiger partial charge in [0.2, 0.25) is 0 Å². The molecule has 1 heterocycles. The van der Waals surface area contributed by atoms with Gasteiger partial charge in [0.05, 0.1) is 11.1 Å². The summed E-state index contributed by atoms with van der Waals surface area (Å²) in [5, 5.41) is 3.23. The first-order valence-corrected chi connectivity index (χ1v) is 6.19. The predicted molar refractivity (Wildman–Crippen MR) is 72.8 cm³/mol. The molecule has 0 saturated heterocycles. The van der Waals surface area contributed by atoms with Crippen LogP contribution in [-0.2, 0) is 0 Å². The van der Waals surface area contributed by atoms with Crippen LogP contribution in [0.4, 0.5) is 11.5 Å². The summed E-state index contributed by atoms with van der Waals surface area (Å²) in [5.41, 5.74) is 0.954. The van der Waals surface area contributed by atoms with E-state index in [-0.39, 0.29) is 0 Å². The van der Waals surface area contributed by atoms with Gasteiger partial charge in [-0.15, -0.1) is 0 Å². The first kappa shape index (κ1) is 11.9. The van der Waals surface area contributed by atoms with Crippen LogP contribution in [0.25, 0.3) is 0 Å². The van der Waals surface area contributed by atoms with Crippen molar-refractivity contribution in [3.63, 3.8) is 0 Å². The van der Waals surface area contributed by atoms with Crippen molar-refractivity contribution >= 4 is 27.4 Å². The minimum Gasteiger partial charge on any atom is -0.494 e. The molecule has 0 atom stereocenters. The number of hydrogen-bond acceptors (Lipinski definition) is 3. The first-order valence-electron chi connectivity index (χ1n) is 5.40. The first-order chi connectivity index (χ1) is 8.29. The van der Waals surface area contributed by atoms with Crippen LogP contribution < -0.4 is 10.1 Å². The molecular formula is C13H13BrN2O. The average molecular weight is 293 g/mol. The van der Waals surface area contributed by atoms with E-state index in [1.54, 1.807) is 6.20 Å². The van der Waals surface area contributed by atoms with Crippen LogP contribution in [0, 0.1) is 0 Å². The fraction of sp³-hybridized carbons (Fsp3) is 0.154. The molecule has 0 bridgehead atoms. The third kappa shape index (κ3) is 3.20. The van der Waals surface area contributed by atoms with Crippen molar-refractivity contribution in [2.75, 3.05) is 11.9 Å². The highest BCUT2D eigenvalue weighted by Crippen LogP contribution is 2.25. The molecule has 0 radical (unpaired) electrons. The molecule has 1 N–H and O–H groups in total. The monoisotopic (exact) mass is 292 g/mol. The maximum Gasteiger partial charge on any atom is 0.144 e. The summed E-state index contributed by atoms with van der Waals surface area (Å²) in [5.74, 6) is 1.64. The molecule has 0 unspecified atom stereocenters. The standard InChI is InChI=1S/C13H13BrN2O/c1-2-17-11-6-3-5-10(9-11)16-13-12(14)7-4-8-15-13/h3-9H,2H2,1H3,(H,15,16). The molecule has 0 spiro atoms. The number of halogens is 1. The third-order valence-electron chi connectivity index (χ3n) is 2.17. The van der Waals surface area contributed by atoms with Gasteiger partial charge in [0.25, 0.3) is 0 Å². The van der Waals surface area contributed by atoms with E-state index in [9.17, 15) is 0 Å². The molecule has 1 aromatic heterocycles. The van der Waals surface area contributed by atoms with Gasteiger partial charge in [0.15, 0.2) is 0 Å². The molecule has 0 aliphatic heterocycles. The van der Waals surface area contributed by atoms with Crippen LogP contribution in [0.1, 0.15) is 6.92 Å². The van der Waals surface area contributed by atoms with Crippen LogP contribution in [0.3, 0.4) is 0 Å². The van der Waals surface area contributed by atoms with Crippen molar-refractivity contribution in [2.45, 2.75) is 6.92 Å². The molecule has 4 heteroatoms. The molecule has 0 aliphatic rings. The quantitative estimate of drug-likeness (QED) is 0.925. The maximum absolute atomic E-state index is 5.44. The van der Waals surface area contributed by atoms with Crippen LogP contribution in [0.15, 0.2) is 47.1 Å². The molecule has 0 fully saturated rings. The van der Waals surface area contributed by atoms with E-state index in [1.807, 2.05) is 43.3 Å². The second-order valence-corrected chi connectivity index (χ2v) is 4.27. The van der Waals surface area contributed by atoms with E-state index < -0.39 is 0 Å². The molecule has 88 valence electrons. The number of nitrogens with one attached hydrogen (secondary N) is 1. The van der Waals surface area contributed by atoms with E-state index in [4.69, 9.17) is 4.74 Å². The van der Waals surface area contributed by atoms with Gasteiger partial charge in [-0.3, -0.25) is 0 Å². The van der Waals surface area contributed by atoms with Gasteiger partial charge in [-0.25, -0.2) is 4.98 Å². The van der Waals surface area contributed by atoms with Crippen LogP contribution >= 0.6 is 15.9 Å². The molecule has 17 heavy (non-hydrogen) atoms. The summed E-state index contributed by atoms with van der Waals surface area (Å²) in [6, 6.07) is 11.6. The fourth-order valence-electron chi connectivity index (χ4n) is 1.44. The fourth-order valence-corrected chi connectivity index (χ4v) is 1.80. The second-order valence-electron chi connectivity index (χ2n) is 3.42. The van der Waals surface area contributed by atoms with E-state index in [2.05, 4.69) is 26.2 Å². The Morgan fingerprint density at radius 2 is 2.18 bits per heavy atom. The van der Waals surface area contributed by atoms with Crippen molar-refractivity contribution in [1.29, 1.82) is 0 Å². The summed E-state index contributed by atoms with van der Waals surface area (Å²) in [7, 11) is 0. The highest BCUT2D eigenvalue weighted by Gasteiger charge is 2.01. The van der Waals surface area contributed by atoms with Gasteiger partial charge in [-0.2, -0.15) is 0 Å².